The van der Waals surface area contributed by atoms with Crippen molar-refractivity contribution < 1.29 is 39.5 Å². The van der Waals surface area contributed by atoms with Gasteiger partial charge in [0.25, 0.3) is 9.84 Å². The molecular weight excluding hydrogens is 492 g/mol. The first-order chi connectivity index (χ1) is 15.8. The van der Waals surface area contributed by atoms with Gasteiger partial charge in [-0.3, -0.25) is 9.38 Å². The SMILES string of the molecule is O=S(=O)(c1nc2ccccn2c1-c1cncc(Nc2ccc(OC(F)(F)F)cc2)n1)C(F)(F)F. The molecule has 15 heteroatoms. The smallest absolute Gasteiger partial charge is 0.406 e. The zero-order valence-electron chi connectivity index (χ0n) is 16.5. The minimum absolute atomic E-state index is 0.0248. The summed E-state index contributed by atoms with van der Waals surface area (Å²) in [5.41, 5.74) is -6.13. The standard InChI is InChI=1S/C19H11F6N5O3S/c20-18(21,22)33-12-6-4-11(5-7-12)27-14-10-26-9-13(28-14)16-17(34(31,32)19(23,24)25)29-15-3-1-2-8-30(15)16/h1-10H,(H,27,28). The van der Waals surface area contributed by atoms with Crippen molar-refractivity contribution in [2.45, 2.75) is 16.9 Å². The van der Waals surface area contributed by atoms with Crippen LogP contribution in [0.2, 0.25) is 0 Å². The Kier molecular flexibility index (Phi) is 5.59. The molecule has 0 radical (unpaired) electrons. The molecule has 0 aliphatic carbocycles. The summed E-state index contributed by atoms with van der Waals surface area (Å²) >= 11 is 0. The number of rotatable bonds is 5. The molecule has 8 nitrogen and oxygen atoms in total. The number of pyridine rings is 1. The van der Waals surface area contributed by atoms with Gasteiger partial charge in [-0.25, -0.2) is 18.4 Å². The predicted octanol–water partition coefficient (Wildman–Crippen LogP) is 4.73. The number of anilines is 2. The van der Waals surface area contributed by atoms with E-state index >= 15 is 0 Å². The lowest BCUT2D eigenvalue weighted by atomic mass is 10.3. The third-order valence-corrected chi connectivity index (χ3v) is 5.70. The Morgan fingerprint density at radius 1 is 0.912 bits per heavy atom. The average Bonchev–Trinajstić information content (AvgIpc) is 3.14. The number of ether oxygens (including phenoxy) is 1. The molecular formula is C19H11F6N5O3S. The molecule has 34 heavy (non-hydrogen) atoms. The highest BCUT2D eigenvalue weighted by molar-refractivity contribution is 7.92. The summed E-state index contributed by atoms with van der Waals surface area (Å²) in [7, 11) is -5.83. The topological polar surface area (TPSA) is 98.5 Å². The first-order valence-electron chi connectivity index (χ1n) is 9.09. The lowest BCUT2D eigenvalue weighted by Gasteiger charge is -2.11. The zero-order valence-corrected chi connectivity index (χ0v) is 17.3. The molecule has 0 spiro atoms. The number of hydrogen-bond donors (Lipinski definition) is 1. The van der Waals surface area contributed by atoms with Crippen molar-refractivity contribution in [1.82, 2.24) is 19.4 Å². The maximum atomic E-state index is 13.3. The van der Waals surface area contributed by atoms with Gasteiger partial charge in [0.15, 0.2) is 5.03 Å². The number of fused-ring (bicyclic) bond motifs is 1. The van der Waals surface area contributed by atoms with E-state index in [0.717, 1.165) is 22.7 Å². The zero-order chi connectivity index (χ0) is 24.7. The van der Waals surface area contributed by atoms with Crippen LogP contribution in [0.5, 0.6) is 5.75 Å². The highest BCUT2D eigenvalue weighted by Gasteiger charge is 2.50. The molecule has 0 unspecified atom stereocenters. The molecule has 0 aliphatic heterocycles. The van der Waals surface area contributed by atoms with E-state index in [1.165, 1.54) is 42.7 Å². The van der Waals surface area contributed by atoms with Crippen LogP contribution >= 0.6 is 0 Å². The van der Waals surface area contributed by atoms with E-state index in [9.17, 15) is 34.8 Å². The molecule has 178 valence electrons. The summed E-state index contributed by atoms with van der Waals surface area (Å²) < 4.78 is 106. The first-order valence-corrected chi connectivity index (χ1v) is 10.6. The fourth-order valence-electron chi connectivity index (χ4n) is 2.93. The van der Waals surface area contributed by atoms with Gasteiger partial charge in [0, 0.05) is 11.9 Å². The fourth-order valence-corrected chi connectivity index (χ4v) is 3.82. The summed E-state index contributed by atoms with van der Waals surface area (Å²) in [6.07, 6.45) is -1.31. The van der Waals surface area contributed by atoms with Crippen molar-refractivity contribution in [3.63, 3.8) is 0 Å². The van der Waals surface area contributed by atoms with E-state index in [2.05, 4.69) is 25.0 Å². The molecule has 4 aromatic rings. The number of imidazole rings is 1. The van der Waals surface area contributed by atoms with Gasteiger partial charge in [0.05, 0.1) is 12.4 Å². The third kappa shape index (κ3) is 4.59. The van der Waals surface area contributed by atoms with Crippen molar-refractivity contribution in [2.75, 3.05) is 5.32 Å². The van der Waals surface area contributed by atoms with Crippen LogP contribution < -0.4 is 10.1 Å². The number of benzene rings is 1. The van der Waals surface area contributed by atoms with E-state index in [-0.39, 0.29) is 22.8 Å². The lowest BCUT2D eigenvalue weighted by Crippen LogP contribution is -2.24. The van der Waals surface area contributed by atoms with Crippen LogP contribution in [0.4, 0.5) is 37.8 Å². The monoisotopic (exact) mass is 503 g/mol. The van der Waals surface area contributed by atoms with Crippen molar-refractivity contribution in [3.05, 3.63) is 61.1 Å². The van der Waals surface area contributed by atoms with Gasteiger partial charge in [0.2, 0.25) is 0 Å². The number of sulfone groups is 1. The molecule has 4 rings (SSSR count). The summed E-state index contributed by atoms with van der Waals surface area (Å²) in [5.74, 6) is -0.492. The number of hydrogen-bond acceptors (Lipinski definition) is 7. The van der Waals surface area contributed by atoms with E-state index < -0.39 is 38.2 Å². The van der Waals surface area contributed by atoms with Gasteiger partial charge < -0.3 is 10.1 Å². The Labute approximate surface area is 186 Å². The second kappa shape index (κ2) is 8.16. The molecule has 0 fully saturated rings. The second-order valence-corrected chi connectivity index (χ2v) is 8.49. The Hall–Kier alpha value is -3.88. The predicted molar refractivity (Wildman–Crippen MR) is 106 cm³/mol. The van der Waals surface area contributed by atoms with Gasteiger partial charge >= 0.3 is 11.9 Å². The largest absolute Gasteiger partial charge is 0.573 e. The highest BCUT2D eigenvalue weighted by Crippen LogP contribution is 2.36. The summed E-state index contributed by atoms with van der Waals surface area (Å²) in [5, 5.41) is 1.48. The second-order valence-electron chi connectivity index (χ2n) is 6.63. The molecule has 0 atom stereocenters. The highest BCUT2D eigenvalue weighted by atomic mass is 32.2. The van der Waals surface area contributed by atoms with Crippen molar-refractivity contribution in [3.8, 4) is 17.1 Å². The Bertz CT molecular complexity index is 1450. The van der Waals surface area contributed by atoms with Gasteiger partial charge in [-0.1, -0.05) is 6.07 Å². The number of aromatic nitrogens is 4. The van der Waals surface area contributed by atoms with Crippen LogP contribution in [-0.4, -0.2) is 39.6 Å². The van der Waals surface area contributed by atoms with Crippen LogP contribution in [0.25, 0.3) is 17.0 Å². The molecule has 3 heterocycles. The first kappa shape index (κ1) is 23.3. The minimum Gasteiger partial charge on any atom is -0.406 e. The van der Waals surface area contributed by atoms with E-state index in [1.54, 1.807) is 0 Å². The van der Waals surface area contributed by atoms with Crippen LogP contribution in [0, 0.1) is 0 Å². The van der Waals surface area contributed by atoms with Crippen LogP contribution in [-0.2, 0) is 9.84 Å². The van der Waals surface area contributed by atoms with Crippen molar-refractivity contribution in [1.29, 1.82) is 0 Å². The molecule has 1 N–H and O–H groups in total. The lowest BCUT2D eigenvalue weighted by molar-refractivity contribution is -0.274. The molecule has 0 aliphatic rings. The summed E-state index contributed by atoms with van der Waals surface area (Å²) in [6, 6.07) is 8.79. The Balaban J connectivity index is 1.74. The minimum atomic E-state index is -5.83. The van der Waals surface area contributed by atoms with E-state index in [4.69, 9.17) is 0 Å². The maximum Gasteiger partial charge on any atom is 0.573 e. The molecule has 0 saturated carbocycles. The van der Waals surface area contributed by atoms with Crippen LogP contribution in [0.3, 0.4) is 0 Å². The fraction of sp³-hybridized carbons (Fsp3) is 0.105. The van der Waals surface area contributed by atoms with E-state index in [1.807, 2.05) is 0 Å². The molecule has 3 aromatic heterocycles. The van der Waals surface area contributed by atoms with Gasteiger partial charge in [-0.05, 0) is 36.4 Å². The van der Waals surface area contributed by atoms with E-state index in [0.29, 0.717) is 0 Å². The maximum absolute atomic E-state index is 13.3. The molecule has 0 amide bonds. The quantitative estimate of drug-likeness (QED) is 0.394. The Morgan fingerprint density at radius 2 is 1.62 bits per heavy atom. The number of nitrogens with one attached hydrogen (secondary N) is 1. The number of alkyl halides is 6. The molecule has 0 bridgehead atoms. The molecule has 1 aromatic carbocycles. The van der Waals surface area contributed by atoms with Crippen LogP contribution in [0.15, 0.2) is 66.1 Å². The van der Waals surface area contributed by atoms with Crippen molar-refractivity contribution in [2.24, 2.45) is 0 Å². The summed E-state index contributed by atoms with van der Waals surface area (Å²) in [6.45, 7) is 0. The molecule has 0 saturated heterocycles. The van der Waals surface area contributed by atoms with Crippen molar-refractivity contribution >= 4 is 27.0 Å². The van der Waals surface area contributed by atoms with Gasteiger partial charge in [-0.15, -0.1) is 13.2 Å². The van der Waals surface area contributed by atoms with Gasteiger partial charge in [-0.2, -0.15) is 13.2 Å². The summed E-state index contributed by atoms with van der Waals surface area (Å²) in [4.78, 5) is 11.6. The third-order valence-electron chi connectivity index (χ3n) is 4.29. The normalized spacial score (nSPS) is 12.6. The number of halogens is 6. The van der Waals surface area contributed by atoms with Gasteiger partial charge in [0.1, 0.15) is 28.6 Å². The number of nitrogens with zero attached hydrogens (tertiary/aromatic N) is 4. The van der Waals surface area contributed by atoms with Crippen LogP contribution in [0.1, 0.15) is 0 Å². The average molecular weight is 503 g/mol. The Morgan fingerprint density at radius 3 is 2.26 bits per heavy atom.